The Labute approximate surface area is 215 Å². The van der Waals surface area contributed by atoms with Gasteiger partial charge in [-0.05, 0) is 41.8 Å². The van der Waals surface area contributed by atoms with Crippen molar-refractivity contribution in [3.05, 3.63) is 82.4 Å². The maximum Gasteiger partial charge on any atom is 0.266 e. The fraction of sp³-hybridized carbons (Fsp3) is 0.346. The second-order valence-electron chi connectivity index (χ2n) is 8.40. The molecule has 0 unspecified atom stereocenters. The van der Waals surface area contributed by atoms with E-state index in [0.717, 1.165) is 5.56 Å². The summed E-state index contributed by atoms with van der Waals surface area (Å²) in [5.41, 5.74) is 1.45. The van der Waals surface area contributed by atoms with E-state index in [4.69, 9.17) is 33.8 Å². The van der Waals surface area contributed by atoms with Gasteiger partial charge in [-0.3, -0.25) is 14.4 Å². The maximum atomic E-state index is 13.8. The SMILES string of the molecule is C=CC[C@H]1O[C@H](c2cccc(Cl)c2)[C@H](c2ccc(Cl)cc2)N([C@H](CCC)C(=O)N(N)C(C)=O)C1=O. The van der Waals surface area contributed by atoms with Crippen molar-refractivity contribution < 1.29 is 19.1 Å². The Balaban J connectivity index is 2.23. The van der Waals surface area contributed by atoms with Crippen molar-refractivity contribution in [1.82, 2.24) is 9.91 Å². The molecule has 0 spiro atoms. The molecule has 2 aromatic carbocycles. The molecule has 35 heavy (non-hydrogen) atoms. The van der Waals surface area contributed by atoms with Crippen molar-refractivity contribution in [1.29, 1.82) is 0 Å². The third-order valence-corrected chi connectivity index (χ3v) is 6.44. The highest BCUT2D eigenvalue weighted by Crippen LogP contribution is 2.45. The van der Waals surface area contributed by atoms with Crippen LogP contribution in [-0.4, -0.2) is 39.8 Å². The van der Waals surface area contributed by atoms with Crippen molar-refractivity contribution in [2.24, 2.45) is 5.84 Å². The summed E-state index contributed by atoms with van der Waals surface area (Å²) in [7, 11) is 0. The number of hydrogen-bond acceptors (Lipinski definition) is 5. The van der Waals surface area contributed by atoms with Crippen molar-refractivity contribution >= 4 is 40.9 Å². The van der Waals surface area contributed by atoms with Gasteiger partial charge in [0.2, 0.25) is 5.91 Å². The highest BCUT2D eigenvalue weighted by Gasteiger charge is 2.48. The minimum Gasteiger partial charge on any atom is -0.358 e. The number of carbonyl (C=O) groups is 3. The predicted octanol–water partition coefficient (Wildman–Crippen LogP) is 5.00. The van der Waals surface area contributed by atoms with Crippen LogP contribution in [-0.2, 0) is 19.1 Å². The van der Waals surface area contributed by atoms with Crippen LogP contribution in [0.3, 0.4) is 0 Å². The number of imide groups is 1. The van der Waals surface area contributed by atoms with E-state index < -0.39 is 36.1 Å². The van der Waals surface area contributed by atoms with E-state index in [2.05, 4.69) is 6.58 Å². The van der Waals surface area contributed by atoms with Gasteiger partial charge >= 0.3 is 0 Å². The molecule has 2 aromatic rings. The second kappa shape index (κ2) is 11.8. The molecule has 4 atom stereocenters. The number of hydrogen-bond donors (Lipinski definition) is 1. The highest BCUT2D eigenvalue weighted by atomic mass is 35.5. The Kier molecular flexibility index (Phi) is 9.08. The number of halogens is 2. The lowest BCUT2D eigenvalue weighted by atomic mass is 9.89. The van der Waals surface area contributed by atoms with Gasteiger partial charge in [-0.15, -0.1) is 6.58 Å². The molecule has 0 radical (unpaired) electrons. The molecule has 0 bridgehead atoms. The van der Waals surface area contributed by atoms with E-state index in [1.165, 1.54) is 11.8 Å². The molecule has 0 aliphatic carbocycles. The Hall–Kier alpha value is -2.71. The molecule has 3 rings (SSSR count). The molecule has 1 heterocycles. The van der Waals surface area contributed by atoms with Gasteiger partial charge in [-0.25, -0.2) is 10.9 Å². The number of amides is 3. The summed E-state index contributed by atoms with van der Waals surface area (Å²) in [6.07, 6.45) is 1.18. The van der Waals surface area contributed by atoms with Crippen molar-refractivity contribution in [3.63, 3.8) is 0 Å². The van der Waals surface area contributed by atoms with Gasteiger partial charge in [0.25, 0.3) is 11.8 Å². The fourth-order valence-electron chi connectivity index (χ4n) is 4.32. The fourth-order valence-corrected chi connectivity index (χ4v) is 4.65. The lowest BCUT2D eigenvalue weighted by Crippen LogP contribution is -2.60. The lowest BCUT2D eigenvalue weighted by Gasteiger charge is -2.48. The van der Waals surface area contributed by atoms with E-state index in [9.17, 15) is 14.4 Å². The Bertz CT molecular complexity index is 1090. The topological polar surface area (TPSA) is 92.9 Å². The minimum absolute atomic E-state index is 0.242. The molecule has 1 aliphatic heterocycles. The molecule has 0 aromatic heterocycles. The van der Waals surface area contributed by atoms with Gasteiger partial charge in [0.05, 0.1) is 6.04 Å². The first-order valence-electron chi connectivity index (χ1n) is 11.4. The van der Waals surface area contributed by atoms with Crippen molar-refractivity contribution in [2.45, 2.75) is 57.4 Å². The summed E-state index contributed by atoms with van der Waals surface area (Å²) >= 11 is 12.4. The number of nitrogens with zero attached hydrogens (tertiary/aromatic N) is 2. The molecule has 1 aliphatic rings. The Morgan fingerprint density at radius 1 is 1.17 bits per heavy atom. The third kappa shape index (κ3) is 5.93. The van der Waals surface area contributed by atoms with Crippen LogP contribution in [0.1, 0.15) is 56.4 Å². The number of nitrogens with two attached hydrogens (primary N) is 1. The number of morpholine rings is 1. The van der Waals surface area contributed by atoms with Gasteiger partial charge in [0, 0.05) is 23.4 Å². The monoisotopic (exact) mass is 517 g/mol. The van der Waals surface area contributed by atoms with Crippen LogP contribution in [0.5, 0.6) is 0 Å². The predicted molar refractivity (Wildman–Crippen MR) is 135 cm³/mol. The maximum absolute atomic E-state index is 13.8. The summed E-state index contributed by atoms with van der Waals surface area (Å²) in [4.78, 5) is 40.7. The average molecular weight is 518 g/mol. The first kappa shape index (κ1) is 26.9. The van der Waals surface area contributed by atoms with Crippen LogP contribution in [0.15, 0.2) is 61.2 Å². The van der Waals surface area contributed by atoms with Crippen LogP contribution in [0.25, 0.3) is 0 Å². The molecular formula is C26H29Cl2N3O4. The average Bonchev–Trinajstić information content (AvgIpc) is 2.83. The summed E-state index contributed by atoms with van der Waals surface area (Å²) in [6, 6.07) is 12.5. The number of ether oxygens (including phenoxy) is 1. The zero-order valence-corrected chi connectivity index (χ0v) is 21.2. The minimum atomic E-state index is -0.986. The molecule has 1 saturated heterocycles. The van der Waals surface area contributed by atoms with Crippen LogP contribution in [0, 0.1) is 0 Å². The first-order valence-corrected chi connectivity index (χ1v) is 12.1. The summed E-state index contributed by atoms with van der Waals surface area (Å²) in [5.74, 6) is 4.16. The normalized spacial score (nSPS) is 20.9. The van der Waals surface area contributed by atoms with Gasteiger partial charge < -0.3 is 9.64 Å². The van der Waals surface area contributed by atoms with Crippen LogP contribution < -0.4 is 5.84 Å². The van der Waals surface area contributed by atoms with Crippen LogP contribution >= 0.6 is 23.2 Å². The third-order valence-electron chi connectivity index (χ3n) is 5.96. The second-order valence-corrected chi connectivity index (χ2v) is 9.27. The molecule has 1 fully saturated rings. The van der Waals surface area contributed by atoms with Crippen molar-refractivity contribution in [2.75, 3.05) is 0 Å². The van der Waals surface area contributed by atoms with Gasteiger partial charge in [0.1, 0.15) is 18.2 Å². The standard InChI is InChI=1S/C26H29Cl2N3O4/c1-4-7-21(25(33)31(29)16(3)32)30-23(17-11-13-19(27)14-12-17)24(18-9-6-10-20(28)15-18)35-22(8-5-2)26(30)34/h5-6,9-15,21-24H,2,4,7-8,29H2,1,3H3/t21-,22-,23+,24-/m1/s1. The van der Waals surface area contributed by atoms with Gasteiger partial charge in [-0.2, -0.15) is 0 Å². The first-order chi connectivity index (χ1) is 16.7. The Morgan fingerprint density at radius 2 is 1.86 bits per heavy atom. The zero-order chi connectivity index (χ0) is 25.7. The van der Waals surface area contributed by atoms with E-state index in [1.54, 1.807) is 48.5 Å². The summed E-state index contributed by atoms with van der Waals surface area (Å²) in [6.45, 7) is 6.85. The number of benzene rings is 2. The lowest BCUT2D eigenvalue weighted by molar-refractivity contribution is -0.183. The van der Waals surface area contributed by atoms with E-state index >= 15 is 0 Å². The Morgan fingerprint density at radius 3 is 2.43 bits per heavy atom. The van der Waals surface area contributed by atoms with E-state index in [-0.39, 0.29) is 12.3 Å². The largest absolute Gasteiger partial charge is 0.358 e. The van der Waals surface area contributed by atoms with Crippen LogP contribution in [0.4, 0.5) is 0 Å². The van der Waals surface area contributed by atoms with Crippen LogP contribution in [0.2, 0.25) is 10.0 Å². The number of rotatable bonds is 8. The van der Waals surface area contributed by atoms with Gasteiger partial charge in [-0.1, -0.05) is 66.9 Å². The molecule has 7 nitrogen and oxygen atoms in total. The molecule has 2 N–H and O–H groups in total. The van der Waals surface area contributed by atoms with Crippen molar-refractivity contribution in [3.8, 4) is 0 Å². The summed E-state index contributed by atoms with van der Waals surface area (Å²) < 4.78 is 6.35. The van der Waals surface area contributed by atoms with E-state index in [1.807, 2.05) is 13.0 Å². The quantitative estimate of drug-likeness (QED) is 0.230. The van der Waals surface area contributed by atoms with E-state index in [0.29, 0.717) is 33.5 Å². The molecular weight excluding hydrogens is 489 g/mol. The molecule has 9 heteroatoms. The number of carbonyl (C=O) groups excluding carboxylic acids is 3. The molecule has 0 saturated carbocycles. The smallest absolute Gasteiger partial charge is 0.266 e. The van der Waals surface area contributed by atoms with Gasteiger partial charge in [0.15, 0.2) is 0 Å². The zero-order valence-electron chi connectivity index (χ0n) is 19.7. The summed E-state index contributed by atoms with van der Waals surface area (Å²) in [5, 5.41) is 1.60. The highest BCUT2D eigenvalue weighted by molar-refractivity contribution is 6.30. The molecule has 186 valence electrons. The molecule has 3 amide bonds. The number of hydrazine groups is 1.